The fraction of sp³-hybridized carbons (Fsp3) is 0.500. The number of ether oxygens (including phenoxy) is 1. The van der Waals surface area contributed by atoms with Crippen molar-refractivity contribution < 1.29 is 9.53 Å². The highest BCUT2D eigenvalue weighted by Crippen LogP contribution is 2.19. The molecule has 1 fully saturated rings. The van der Waals surface area contributed by atoms with Gasteiger partial charge in [-0.05, 0) is 18.4 Å². The van der Waals surface area contributed by atoms with Gasteiger partial charge in [0.1, 0.15) is 0 Å². The Bertz CT molecular complexity index is 377. The zero-order valence-corrected chi connectivity index (χ0v) is 11.0. The van der Waals surface area contributed by atoms with Crippen molar-refractivity contribution in [3.63, 3.8) is 0 Å². The lowest BCUT2D eigenvalue weighted by molar-refractivity contribution is -0.123. The summed E-state index contributed by atoms with van der Waals surface area (Å²) < 4.78 is 5.42. The van der Waals surface area contributed by atoms with E-state index in [1.54, 1.807) is 0 Å². The van der Waals surface area contributed by atoms with Gasteiger partial charge in [0.15, 0.2) is 0 Å². The lowest BCUT2D eigenvalue weighted by Gasteiger charge is -2.13. The first-order valence-electron chi connectivity index (χ1n) is 6.33. The van der Waals surface area contributed by atoms with Crippen molar-refractivity contribution in [1.82, 2.24) is 5.32 Å². The van der Waals surface area contributed by atoms with Crippen molar-refractivity contribution in [1.29, 1.82) is 0 Å². The van der Waals surface area contributed by atoms with Crippen LogP contribution in [0.4, 0.5) is 0 Å². The topological polar surface area (TPSA) is 38.3 Å². The van der Waals surface area contributed by atoms with E-state index in [0.29, 0.717) is 13.0 Å². The molecule has 1 aromatic rings. The number of carbonyl (C=O) groups excluding carboxylic acids is 1. The largest absolute Gasteiger partial charge is 0.378 e. The van der Waals surface area contributed by atoms with Crippen LogP contribution in [-0.2, 0) is 9.53 Å². The molecule has 1 N–H and O–H groups in total. The summed E-state index contributed by atoms with van der Waals surface area (Å²) in [6, 6.07) is 9.76. The number of alkyl halides is 1. The molecule has 1 amide bonds. The predicted octanol–water partition coefficient (Wildman–Crippen LogP) is 2.65. The summed E-state index contributed by atoms with van der Waals surface area (Å²) in [5.41, 5.74) is 1.02. The van der Waals surface area contributed by atoms with Crippen molar-refractivity contribution in [2.45, 2.75) is 30.7 Å². The van der Waals surface area contributed by atoms with Gasteiger partial charge in [0, 0.05) is 13.2 Å². The maximum atomic E-state index is 11.7. The average Bonchev–Trinajstić information content (AvgIpc) is 2.90. The fourth-order valence-electron chi connectivity index (χ4n) is 2.07. The van der Waals surface area contributed by atoms with Gasteiger partial charge in [-0.3, -0.25) is 4.79 Å². The van der Waals surface area contributed by atoms with Crippen LogP contribution in [0.3, 0.4) is 0 Å². The molecule has 1 heterocycles. The molecule has 3 nitrogen and oxygen atoms in total. The highest BCUT2D eigenvalue weighted by Gasteiger charge is 2.19. The zero-order valence-electron chi connectivity index (χ0n) is 10.3. The molecule has 0 radical (unpaired) electrons. The molecular weight excluding hydrogens is 250 g/mol. The smallest absolute Gasteiger partial charge is 0.222 e. The molecule has 1 saturated heterocycles. The normalized spacial score (nSPS) is 20.6. The Morgan fingerprint density at radius 3 is 2.89 bits per heavy atom. The monoisotopic (exact) mass is 267 g/mol. The van der Waals surface area contributed by atoms with Crippen molar-refractivity contribution in [3.05, 3.63) is 35.9 Å². The van der Waals surface area contributed by atoms with Gasteiger partial charge >= 0.3 is 0 Å². The standard InChI is InChI=1S/C14H18ClNO2/c15-13(11-5-2-1-3-6-11)10-16-14(17)9-12-7-4-8-18-12/h1-3,5-6,12-13H,4,7-10H2,(H,16,17). The number of amides is 1. The molecule has 1 aliphatic rings. The Labute approximate surface area is 112 Å². The second kappa shape index (κ2) is 6.76. The van der Waals surface area contributed by atoms with Crippen LogP contribution in [0, 0.1) is 0 Å². The van der Waals surface area contributed by atoms with E-state index in [1.807, 2.05) is 30.3 Å². The van der Waals surface area contributed by atoms with Crippen molar-refractivity contribution >= 4 is 17.5 Å². The maximum absolute atomic E-state index is 11.7. The number of carbonyl (C=O) groups is 1. The van der Waals surface area contributed by atoms with E-state index in [9.17, 15) is 4.79 Å². The SMILES string of the molecule is O=C(CC1CCCO1)NCC(Cl)c1ccccc1. The minimum Gasteiger partial charge on any atom is -0.378 e. The van der Waals surface area contributed by atoms with E-state index in [0.717, 1.165) is 25.0 Å². The summed E-state index contributed by atoms with van der Waals surface area (Å²) in [6.45, 7) is 1.23. The number of hydrogen-bond acceptors (Lipinski definition) is 2. The Balaban J connectivity index is 1.72. The lowest BCUT2D eigenvalue weighted by atomic mass is 10.1. The van der Waals surface area contributed by atoms with Crippen LogP contribution < -0.4 is 5.32 Å². The van der Waals surface area contributed by atoms with E-state index in [1.165, 1.54) is 0 Å². The summed E-state index contributed by atoms with van der Waals surface area (Å²) in [4.78, 5) is 11.7. The third kappa shape index (κ3) is 4.00. The van der Waals surface area contributed by atoms with Gasteiger partial charge in [-0.25, -0.2) is 0 Å². The van der Waals surface area contributed by atoms with Gasteiger partial charge in [-0.1, -0.05) is 30.3 Å². The van der Waals surface area contributed by atoms with Crippen LogP contribution in [0.5, 0.6) is 0 Å². The van der Waals surface area contributed by atoms with Crippen LogP contribution in [0.1, 0.15) is 30.2 Å². The zero-order chi connectivity index (χ0) is 12.8. The highest BCUT2D eigenvalue weighted by molar-refractivity contribution is 6.21. The third-order valence-corrected chi connectivity index (χ3v) is 3.48. The number of rotatable bonds is 5. The Morgan fingerprint density at radius 2 is 2.22 bits per heavy atom. The van der Waals surface area contributed by atoms with E-state index in [4.69, 9.17) is 16.3 Å². The van der Waals surface area contributed by atoms with E-state index in [-0.39, 0.29) is 17.4 Å². The average molecular weight is 268 g/mol. The molecule has 1 aromatic carbocycles. The van der Waals surface area contributed by atoms with E-state index < -0.39 is 0 Å². The third-order valence-electron chi connectivity index (χ3n) is 3.08. The number of benzene rings is 1. The second-order valence-electron chi connectivity index (χ2n) is 4.52. The van der Waals surface area contributed by atoms with Crippen LogP contribution in [-0.4, -0.2) is 25.2 Å². The molecule has 0 saturated carbocycles. The van der Waals surface area contributed by atoms with Crippen LogP contribution in [0.25, 0.3) is 0 Å². The van der Waals surface area contributed by atoms with Gasteiger partial charge in [0.2, 0.25) is 5.91 Å². The Kier molecular flexibility index (Phi) is 5.02. The van der Waals surface area contributed by atoms with Crippen LogP contribution in [0.15, 0.2) is 30.3 Å². The molecule has 18 heavy (non-hydrogen) atoms. The summed E-state index contributed by atoms with van der Waals surface area (Å²) in [5, 5.41) is 2.68. The quantitative estimate of drug-likeness (QED) is 0.833. The molecule has 2 rings (SSSR count). The van der Waals surface area contributed by atoms with Gasteiger partial charge < -0.3 is 10.1 Å². The van der Waals surface area contributed by atoms with Crippen molar-refractivity contribution in [2.75, 3.05) is 13.2 Å². The Morgan fingerprint density at radius 1 is 1.44 bits per heavy atom. The number of halogens is 1. The molecule has 4 heteroatoms. The van der Waals surface area contributed by atoms with E-state index >= 15 is 0 Å². The molecular formula is C14H18ClNO2. The number of nitrogens with one attached hydrogen (secondary N) is 1. The van der Waals surface area contributed by atoms with Crippen LogP contribution in [0.2, 0.25) is 0 Å². The number of hydrogen-bond donors (Lipinski definition) is 1. The van der Waals surface area contributed by atoms with Crippen LogP contribution >= 0.6 is 11.6 Å². The highest BCUT2D eigenvalue weighted by atomic mass is 35.5. The van der Waals surface area contributed by atoms with E-state index in [2.05, 4.69) is 5.32 Å². The first-order chi connectivity index (χ1) is 8.75. The summed E-state index contributed by atoms with van der Waals surface area (Å²) in [7, 11) is 0. The molecule has 0 aliphatic carbocycles. The molecule has 2 unspecified atom stereocenters. The summed E-state index contributed by atoms with van der Waals surface area (Å²) in [5.74, 6) is 0.0171. The first-order valence-corrected chi connectivity index (χ1v) is 6.76. The molecule has 0 aromatic heterocycles. The lowest BCUT2D eigenvalue weighted by Crippen LogP contribution is -2.29. The molecule has 2 atom stereocenters. The predicted molar refractivity (Wildman–Crippen MR) is 71.6 cm³/mol. The van der Waals surface area contributed by atoms with Gasteiger partial charge in [0.05, 0.1) is 17.9 Å². The van der Waals surface area contributed by atoms with Gasteiger partial charge in [-0.15, -0.1) is 11.6 Å². The summed E-state index contributed by atoms with van der Waals surface area (Å²) >= 11 is 6.22. The minimum atomic E-state index is -0.181. The first kappa shape index (κ1) is 13.4. The van der Waals surface area contributed by atoms with Gasteiger partial charge in [-0.2, -0.15) is 0 Å². The molecule has 98 valence electrons. The Hall–Kier alpha value is -1.06. The fourth-order valence-corrected chi connectivity index (χ4v) is 2.29. The van der Waals surface area contributed by atoms with Gasteiger partial charge in [0.25, 0.3) is 0 Å². The molecule has 1 aliphatic heterocycles. The maximum Gasteiger partial charge on any atom is 0.222 e. The van der Waals surface area contributed by atoms with Crippen molar-refractivity contribution in [3.8, 4) is 0 Å². The molecule has 0 bridgehead atoms. The summed E-state index contributed by atoms with van der Waals surface area (Å²) in [6.07, 6.45) is 2.57. The second-order valence-corrected chi connectivity index (χ2v) is 5.05. The minimum absolute atomic E-state index is 0.0171. The van der Waals surface area contributed by atoms with Crippen molar-refractivity contribution in [2.24, 2.45) is 0 Å². The molecule has 0 spiro atoms.